The molecule has 4 atom stereocenters. The van der Waals surface area contributed by atoms with Crippen molar-refractivity contribution in [1.29, 1.82) is 0 Å². The molecule has 11 nitrogen and oxygen atoms in total. The molecule has 2 aliphatic heterocycles. The number of aliphatic imine (C=N–C) groups is 2. The summed E-state index contributed by atoms with van der Waals surface area (Å²) >= 11 is 0. The average molecular weight is 392 g/mol. The lowest BCUT2D eigenvalue weighted by Gasteiger charge is -2.28. The van der Waals surface area contributed by atoms with Gasteiger partial charge in [-0.3, -0.25) is 19.9 Å². The minimum atomic E-state index is -0.741. The number of carbonyl (C=O) groups is 2. The van der Waals surface area contributed by atoms with E-state index in [0.29, 0.717) is 0 Å². The summed E-state index contributed by atoms with van der Waals surface area (Å²) < 4.78 is 10.6. The van der Waals surface area contributed by atoms with Crippen LogP contribution < -0.4 is 29.2 Å². The third-order valence-electron chi connectivity index (χ3n) is 3.85. The lowest BCUT2D eigenvalue weighted by atomic mass is 10.1. The Morgan fingerprint density at radius 2 is 2.19 bits per heavy atom. The molecule has 26 heavy (non-hydrogen) atoms. The van der Waals surface area contributed by atoms with Crippen molar-refractivity contribution in [3.8, 4) is 0 Å². The van der Waals surface area contributed by atoms with E-state index in [1.54, 1.807) is 4.90 Å². The van der Waals surface area contributed by atoms with E-state index >= 15 is 0 Å². The molecule has 4 unspecified atom stereocenters. The highest BCUT2D eigenvalue weighted by atomic mass is 35.5. The van der Waals surface area contributed by atoms with Gasteiger partial charge in [0.15, 0.2) is 18.2 Å². The van der Waals surface area contributed by atoms with Crippen molar-refractivity contribution in [2.75, 3.05) is 19.9 Å². The van der Waals surface area contributed by atoms with Gasteiger partial charge in [-0.05, 0) is 5.92 Å². The second-order valence-electron chi connectivity index (χ2n) is 6.14. The Labute approximate surface area is 157 Å². The van der Waals surface area contributed by atoms with Crippen LogP contribution in [0.15, 0.2) is 9.98 Å². The molecule has 0 radical (unpaired) electrons. The molecule has 12 heteroatoms. The Morgan fingerprint density at radius 1 is 1.50 bits per heavy atom. The molecule has 0 aromatic rings. The van der Waals surface area contributed by atoms with Gasteiger partial charge >= 0.3 is 5.97 Å². The molecule has 0 aromatic carbocycles. The highest BCUT2D eigenvalue weighted by Gasteiger charge is 2.39. The predicted octanol–water partition coefficient (Wildman–Crippen LogP) is -5.67. The number of hydrogen-bond acceptors (Lipinski definition) is 10. The van der Waals surface area contributed by atoms with Crippen LogP contribution in [0, 0.1) is 5.92 Å². The number of aliphatic hydroxyl groups is 1. The third-order valence-corrected chi connectivity index (χ3v) is 3.85. The summed E-state index contributed by atoms with van der Waals surface area (Å²) in [6, 6.07) is -1.42. The molecular weight excluding hydrogens is 368 g/mol. The molecule has 2 aliphatic rings. The van der Waals surface area contributed by atoms with E-state index in [1.807, 2.05) is 13.8 Å². The highest BCUT2D eigenvalue weighted by Crippen LogP contribution is 2.18. The minimum Gasteiger partial charge on any atom is -1.00 e. The zero-order valence-electron chi connectivity index (χ0n) is 14.5. The van der Waals surface area contributed by atoms with E-state index in [-0.39, 0.29) is 50.1 Å². The van der Waals surface area contributed by atoms with Crippen molar-refractivity contribution in [2.24, 2.45) is 27.4 Å². The summed E-state index contributed by atoms with van der Waals surface area (Å²) in [5.41, 5.74) is 11.2. The molecule has 0 bridgehead atoms. The highest BCUT2D eigenvalue weighted by molar-refractivity contribution is 6.02. The molecule has 2 heterocycles. The van der Waals surface area contributed by atoms with Crippen LogP contribution in [0.1, 0.15) is 13.8 Å². The molecule has 0 saturated heterocycles. The molecule has 0 fully saturated rings. The summed E-state index contributed by atoms with van der Waals surface area (Å²) in [4.78, 5) is 33.2. The second kappa shape index (κ2) is 9.67. The number of rotatable bonds is 8. The summed E-state index contributed by atoms with van der Waals surface area (Å²) in [6.07, 6.45) is 0.103. The molecule has 0 aliphatic carbocycles. The average Bonchev–Trinajstić information content (AvgIpc) is 2.97. The minimum absolute atomic E-state index is 0. The van der Waals surface area contributed by atoms with Crippen LogP contribution in [0.3, 0.4) is 0 Å². The molecular formula is C14H24ClN6O5-. The van der Waals surface area contributed by atoms with Gasteiger partial charge in [0.2, 0.25) is 0 Å². The maximum atomic E-state index is 11.8. The number of nitrogens with zero attached hydrogens (tertiary/aromatic N) is 3. The van der Waals surface area contributed by atoms with Gasteiger partial charge in [-0.2, -0.15) is 0 Å². The molecule has 148 valence electrons. The van der Waals surface area contributed by atoms with Crippen molar-refractivity contribution in [3.63, 3.8) is 0 Å². The van der Waals surface area contributed by atoms with E-state index in [2.05, 4.69) is 15.3 Å². The molecule has 0 spiro atoms. The quantitative estimate of drug-likeness (QED) is 0.297. The van der Waals surface area contributed by atoms with E-state index < -0.39 is 30.3 Å². The summed E-state index contributed by atoms with van der Waals surface area (Å²) in [6.45, 7) is 3.12. The Balaban J connectivity index is 0.00000338. The fourth-order valence-electron chi connectivity index (χ4n) is 2.21. The molecule has 0 saturated carbocycles. The number of ether oxygens (including phenoxy) is 2. The van der Waals surface area contributed by atoms with E-state index in [0.717, 1.165) is 0 Å². The van der Waals surface area contributed by atoms with Crippen molar-refractivity contribution in [1.82, 2.24) is 10.2 Å². The Kier molecular flexibility index (Phi) is 8.21. The van der Waals surface area contributed by atoms with Gasteiger partial charge in [0.05, 0.1) is 12.9 Å². The van der Waals surface area contributed by atoms with E-state index in [1.165, 1.54) is 6.34 Å². The molecule has 2 rings (SSSR count). The lowest BCUT2D eigenvalue weighted by molar-refractivity contribution is -0.153. The zero-order valence-corrected chi connectivity index (χ0v) is 15.3. The summed E-state index contributed by atoms with van der Waals surface area (Å²) in [7, 11) is 0. The second-order valence-corrected chi connectivity index (χ2v) is 6.14. The normalized spacial score (nSPS) is 23.7. The largest absolute Gasteiger partial charge is 1.00 e. The zero-order chi connectivity index (χ0) is 18.6. The van der Waals surface area contributed by atoms with Gasteiger partial charge in [0, 0.05) is 0 Å². The Bertz CT molecular complexity index is 572. The number of guanidine groups is 1. The third kappa shape index (κ3) is 5.27. The number of carbonyl (C=O) groups excluding carboxylic acids is 2. The molecule has 0 aromatic heterocycles. The van der Waals surface area contributed by atoms with Gasteiger partial charge < -0.3 is 43.4 Å². The Morgan fingerprint density at radius 3 is 2.81 bits per heavy atom. The maximum Gasteiger partial charge on any atom is 0.323 e. The number of nitrogens with one attached hydrogen (secondary N) is 1. The molecule has 1 amide bonds. The van der Waals surface area contributed by atoms with Gasteiger partial charge in [-0.15, -0.1) is 0 Å². The van der Waals surface area contributed by atoms with Crippen molar-refractivity contribution in [3.05, 3.63) is 0 Å². The monoisotopic (exact) mass is 391 g/mol. The van der Waals surface area contributed by atoms with Gasteiger partial charge in [-0.25, -0.2) is 4.99 Å². The maximum absolute atomic E-state index is 11.8. The number of halogens is 1. The lowest BCUT2D eigenvalue weighted by Crippen LogP contribution is -3.00. The van der Waals surface area contributed by atoms with Crippen molar-refractivity contribution in [2.45, 2.75) is 38.2 Å². The van der Waals surface area contributed by atoms with Crippen molar-refractivity contribution < 1.29 is 36.6 Å². The van der Waals surface area contributed by atoms with Crippen molar-refractivity contribution >= 4 is 24.2 Å². The van der Waals surface area contributed by atoms with Gasteiger partial charge in [-0.1, -0.05) is 13.8 Å². The number of amides is 1. The van der Waals surface area contributed by atoms with E-state index in [9.17, 15) is 14.7 Å². The Hall–Kier alpha value is -1.95. The van der Waals surface area contributed by atoms with Crippen LogP contribution >= 0.6 is 0 Å². The number of fused-ring (bicyclic) bond motifs is 1. The van der Waals surface area contributed by atoms with Crippen LogP contribution in [0.2, 0.25) is 0 Å². The summed E-state index contributed by atoms with van der Waals surface area (Å²) in [5, 5.41) is 11.8. The number of aliphatic hydroxyl groups excluding tert-OH is 1. The van der Waals surface area contributed by atoms with E-state index in [4.69, 9.17) is 20.9 Å². The standard InChI is InChI=1S/C14H24N6O5.ClH/c1-7(2)9(15)13(23)24-4-8(3-21)25-6-20-5-17-10-11(20)18-14(16)19-12(10)22;/h5,7-11,21H,3-4,6,15H2,1-2H3,(H3,16,18,19,22);1H/p-1. The summed E-state index contributed by atoms with van der Waals surface area (Å²) in [5.74, 6) is -0.940. The number of nitrogens with two attached hydrogens (primary N) is 2. The van der Waals surface area contributed by atoms with Crippen LogP contribution in [0.25, 0.3) is 0 Å². The smallest absolute Gasteiger partial charge is 0.323 e. The van der Waals surface area contributed by atoms with Crippen LogP contribution in [0.4, 0.5) is 0 Å². The fraction of sp³-hybridized carbons (Fsp3) is 0.714. The first-order valence-electron chi connectivity index (χ1n) is 7.91. The first-order chi connectivity index (χ1) is 11.8. The van der Waals surface area contributed by atoms with Crippen LogP contribution in [-0.2, 0) is 19.1 Å². The van der Waals surface area contributed by atoms with Gasteiger partial charge in [0.1, 0.15) is 25.5 Å². The SMILES string of the molecule is CC(C)C(N)C(=O)OCC(CO)OCN1C=NC2C(=O)NC(N)=NC21.[Cl-]. The fourth-order valence-corrected chi connectivity index (χ4v) is 2.21. The van der Waals surface area contributed by atoms with Crippen LogP contribution in [-0.4, -0.2) is 78.5 Å². The first-order valence-corrected chi connectivity index (χ1v) is 7.91. The first kappa shape index (κ1) is 22.1. The van der Waals surface area contributed by atoms with Gasteiger partial charge in [0.25, 0.3) is 5.91 Å². The van der Waals surface area contributed by atoms with Crippen LogP contribution in [0.5, 0.6) is 0 Å². The molecule has 6 N–H and O–H groups in total. The topological polar surface area (TPSA) is 165 Å². The number of esters is 1. The number of hydrogen-bond donors (Lipinski definition) is 4. The predicted molar refractivity (Wildman–Crippen MR) is 88.3 cm³/mol.